The molecule has 0 spiro atoms. The van der Waals surface area contributed by atoms with Crippen LogP contribution in [-0.2, 0) is 23.9 Å². The van der Waals surface area contributed by atoms with Gasteiger partial charge in [-0.2, -0.15) is 13.2 Å². The van der Waals surface area contributed by atoms with Gasteiger partial charge in [0.15, 0.2) is 0 Å². The number of nitrogens with zero attached hydrogens (tertiary/aromatic N) is 2. The summed E-state index contributed by atoms with van der Waals surface area (Å²) in [7, 11) is 0. The molecule has 0 saturated heterocycles. The molecule has 3 aromatic rings. The molecule has 12 heteroatoms. The van der Waals surface area contributed by atoms with Gasteiger partial charge in [-0.3, -0.25) is 9.59 Å². The molecular weight excluding hydrogens is 494 g/mol. The fourth-order valence-electron chi connectivity index (χ4n) is 2.77. The number of benzene rings is 1. The molecule has 0 aliphatic carbocycles. The summed E-state index contributed by atoms with van der Waals surface area (Å²) in [5.41, 5.74) is 4.08. The second kappa shape index (κ2) is 9.40. The van der Waals surface area contributed by atoms with E-state index in [9.17, 15) is 22.8 Å². The molecule has 6 nitrogen and oxygen atoms in total. The predicted octanol–water partition coefficient (Wildman–Crippen LogP) is 5.09. The van der Waals surface area contributed by atoms with Crippen molar-refractivity contribution in [1.29, 1.82) is 0 Å². The normalized spacial score (nSPS) is 11.4. The van der Waals surface area contributed by atoms with Gasteiger partial charge in [0, 0.05) is 28.9 Å². The van der Waals surface area contributed by atoms with Crippen LogP contribution in [0.4, 0.5) is 13.2 Å². The molecule has 32 heavy (non-hydrogen) atoms. The zero-order valence-electron chi connectivity index (χ0n) is 15.9. The molecular formula is C20H13Cl3F3N3O3. The molecule has 0 unspecified atom stereocenters. The van der Waals surface area contributed by atoms with Crippen LogP contribution in [0, 0.1) is 0 Å². The molecule has 0 bridgehead atoms. The van der Waals surface area contributed by atoms with Crippen molar-refractivity contribution in [2.24, 2.45) is 5.73 Å². The van der Waals surface area contributed by atoms with Crippen LogP contribution >= 0.6 is 34.8 Å². The van der Waals surface area contributed by atoms with Crippen LogP contribution in [0.3, 0.4) is 0 Å². The minimum atomic E-state index is -4.64. The SMILES string of the molecule is NC(=O)Cn1ccc(Oc2ncc(C(F)(F)F)cc2Cl)c(Cc2ccc(Cl)cc2Cl)c1=O. The van der Waals surface area contributed by atoms with Crippen LogP contribution in [0.25, 0.3) is 0 Å². The van der Waals surface area contributed by atoms with Crippen LogP contribution in [0.1, 0.15) is 16.7 Å². The molecule has 0 fully saturated rings. The average molecular weight is 507 g/mol. The number of amides is 1. The Labute approximate surface area is 194 Å². The summed E-state index contributed by atoms with van der Waals surface area (Å²) in [5.74, 6) is -1.12. The summed E-state index contributed by atoms with van der Waals surface area (Å²) in [6, 6.07) is 6.66. The third-order valence-corrected chi connectivity index (χ3v) is 5.13. The van der Waals surface area contributed by atoms with Crippen LogP contribution in [-0.4, -0.2) is 15.5 Å². The molecule has 0 aliphatic rings. The molecule has 0 radical (unpaired) electrons. The van der Waals surface area contributed by atoms with Gasteiger partial charge in [-0.1, -0.05) is 40.9 Å². The summed E-state index contributed by atoms with van der Waals surface area (Å²) >= 11 is 18.0. The van der Waals surface area contributed by atoms with E-state index in [2.05, 4.69) is 4.98 Å². The highest BCUT2D eigenvalue weighted by molar-refractivity contribution is 6.35. The fraction of sp³-hybridized carbons (Fsp3) is 0.150. The summed E-state index contributed by atoms with van der Waals surface area (Å²) < 4.78 is 45.2. The Morgan fingerprint density at radius 2 is 1.84 bits per heavy atom. The maximum atomic E-state index is 13.0. The first-order chi connectivity index (χ1) is 15.0. The highest BCUT2D eigenvalue weighted by Crippen LogP contribution is 2.35. The van der Waals surface area contributed by atoms with Crippen molar-refractivity contribution in [2.45, 2.75) is 19.1 Å². The van der Waals surface area contributed by atoms with E-state index in [0.29, 0.717) is 22.8 Å². The highest BCUT2D eigenvalue weighted by Gasteiger charge is 2.32. The summed E-state index contributed by atoms with van der Waals surface area (Å²) in [6.45, 7) is -0.389. The van der Waals surface area contributed by atoms with Gasteiger partial charge in [-0.15, -0.1) is 0 Å². The number of hydrogen-bond acceptors (Lipinski definition) is 4. The van der Waals surface area contributed by atoms with E-state index in [-0.39, 0.29) is 35.2 Å². The minimum absolute atomic E-state index is 0.0316. The number of aromatic nitrogens is 2. The number of primary amides is 1. The van der Waals surface area contributed by atoms with Crippen molar-refractivity contribution >= 4 is 40.7 Å². The molecule has 0 atom stereocenters. The lowest BCUT2D eigenvalue weighted by atomic mass is 10.1. The maximum Gasteiger partial charge on any atom is 0.417 e. The second-order valence-corrected chi connectivity index (χ2v) is 7.83. The van der Waals surface area contributed by atoms with Gasteiger partial charge in [0.25, 0.3) is 5.56 Å². The Hall–Kier alpha value is -2.75. The Kier molecular flexibility index (Phi) is 7.02. The Morgan fingerprint density at radius 3 is 2.44 bits per heavy atom. The first-order valence-corrected chi connectivity index (χ1v) is 9.94. The van der Waals surface area contributed by atoms with Gasteiger partial charge in [0.2, 0.25) is 11.8 Å². The molecule has 0 saturated carbocycles. The number of halogens is 6. The third-order valence-electron chi connectivity index (χ3n) is 4.27. The van der Waals surface area contributed by atoms with E-state index >= 15 is 0 Å². The smallest absolute Gasteiger partial charge is 0.417 e. The first kappa shape index (κ1) is 23.9. The lowest BCUT2D eigenvalue weighted by Gasteiger charge is -2.15. The molecule has 168 valence electrons. The lowest BCUT2D eigenvalue weighted by Crippen LogP contribution is -2.30. The van der Waals surface area contributed by atoms with Gasteiger partial charge in [0.05, 0.1) is 11.1 Å². The number of rotatable bonds is 6. The number of carbonyl (C=O) groups excluding carboxylic acids is 1. The Morgan fingerprint density at radius 1 is 1.12 bits per heavy atom. The van der Waals surface area contributed by atoms with Crippen molar-refractivity contribution in [3.05, 3.63) is 84.8 Å². The Bertz CT molecular complexity index is 1250. The number of carbonyl (C=O) groups is 1. The van der Waals surface area contributed by atoms with Crippen molar-refractivity contribution in [3.63, 3.8) is 0 Å². The summed E-state index contributed by atoms with van der Waals surface area (Å²) in [4.78, 5) is 27.9. The molecule has 3 rings (SSSR count). The highest BCUT2D eigenvalue weighted by atomic mass is 35.5. The monoisotopic (exact) mass is 505 g/mol. The molecule has 2 heterocycles. The lowest BCUT2D eigenvalue weighted by molar-refractivity contribution is -0.137. The van der Waals surface area contributed by atoms with Crippen LogP contribution in [0.2, 0.25) is 15.1 Å². The van der Waals surface area contributed by atoms with E-state index in [1.807, 2.05) is 0 Å². The third kappa shape index (κ3) is 5.53. The van der Waals surface area contributed by atoms with Gasteiger partial charge < -0.3 is 15.0 Å². The van der Waals surface area contributed by atoms with Crippen molar-refractivity contribution in [3.8, 4) is 11.6 Å². The topological polar surface area (TPSA) is 87.2 Å². The summed E-state index contributed by atoms with van der Waals surface area (Å²) in [6.07, 6.45) is -2.86. The average Bonchev–Trinajstić information content (AvgIpc) is 2.68. The van der Waals surface area contributed by atoms with E-state index in [1.54, 1.807) is 12.1 Å². The zero-order chi connectivity index (χ0) is 23.6. The number of hydrogen-bond donors (Lipinski definition) is 1. The number of alkyl halides is 3. The van der Waals surface area contributed by atoms with Crippen LogP contribution in [0.15, 0.2) is 47.5 Å². The van der Waals surface area contributed by atoms with Gasteiger partial charge >= 0.3 is 6.18 Å². The maximum absolute atomic E-state index is 13.0. The van der Waals surface area contributed by atoms with Gasteiger partial charge in [0.1, 0.15) is 17.3 Å². The molecule has 2 aromatic heterocycles. The minimum Gasteiger partial charge on any atom is -0.437 e. The van der Waals surface area contributed by atoms with Gasteiger partial charge in [-0.25, -0.2) is 4.98 Å². The van der Waals surface area contributed by atoms with E-state index in [4.69, 9.17) is 45.3 Å². The molecule has 0 aliphatic heterocycles. The molecule has 2 N–H and O–H groups in total. The fourth-order valence-corrected chi connectivity index (χ4v) is 3.45. The Balaban J connectivity index is 2.06. The van der Waals surface area contributed by atoms with Crippen LogP contribution in [0.5, 0.6) is 11.6 Å². The predicted molar refractivity (Wildman–Crippen MR) is 113 cm³/mol. The van der Waals surface area contributed by atoms with Crippen molar-refractivity contribution in [2.75, 3.05) is 0 Å². The zero-order valence-corrected chi connectivity index (χ0v) is 18.2. The van der Waals surface area contributed by atoms with E-state index < -0.39 is 28.2 Å². The summed E-state index contributed by atoms with van der Waals surface area (Å²) in [5, 5.41) is 0.255. The molecule has 1 aromatic carbocycles. The van der Waals surface area contributed by atoms with E-state index in [0.717, 1.165) is 4.57 Å². The number of pyridine rings is 2. The standard InChI is InChI=1S/C20H13Cl3F3N3O3/c21-12-2-1-10(14(22)7-12)5-13-16(3-4-29(19(13)31)9-17(27)30)32-18-15(23)6-11(8-28-18)20(24,25)26/h1-4,6-8H,5,9H2,(H2,27,30). The molecule has 1 amide bonds. The van der Waals surface area contributed by atoms with Crippen LogP contribution < -0.4 is 16.0 Å². The largest absolute Gasteiger partial charge is 0.437 e. The van der Waals surface area contributed by atoms with E-state index in [1.165, 1.54) is 18.3 Å². The quantitative estimate of drug-likeness (QED) is 0.504. The van der Waals surface area contributed by atoms with Gasteiger partial charge in [-0.05, 0) is 29.8 Å². The van der Waals surface area contributed by atoms with Crippen molar-refractivity contribution in [1.82, 2.24) is 9.55 Å². The second-order valence-electron chi connectivity index (χ2n) is 6.58. The first-order valence-electron chi connectivity index (χ1n) is 8.81. The number of nitrogens with two attached hydrogens (primary N) is 1. The van der Waals surface area contributed by atoms with Crippen molar-refractivity contribution < 1.29 is 22.7 Å². The number of ether oxygens (including phenoxy) is 1.